The normalized spacial score (nSPS) is 4.20. The van der Waals surface area contributed by atoms with Gasteiger partial charge in [0.15, 0.2) is 0 Å². The molecule has 0 unspecified atom stereocenters. The third-order valence-corrected chi connectivity index (χ3v) is 0.0556. The monoisotopic (exact) mass is 117 g/mol. The van der Waals surface area contributed by atoms with Crippen LogP contribution in [-0.2, 0) is 26.7 Å². The summed E-state index contributed by atoms with van der Waals surface area (Å²) in [6.45, 7) is 0.153. The van der Waals surface area contributed by atoms with Gasteiger partial charge in [-0.1, -0.05) is 0 Å². The van der Waals surface area contributed by atoms with Crippen LogP contribution in [0.1, 0.15) is 0 Å². The quantitative estimate of drug-likeness (QED) is 0.273. The minimum Gasteiger partial charge on any atom is -0.376 e. The van der Waals surface area contributed by atoms with Gasteiger partial charge in [-0.05, 0) is 0 Å². The number of hydrogen-bond acceptors (Lipinski definition) is 3. The predicted molar refractivity (Wildman–Crippen MR) is 11.3 cm³/mol. The molecule has 5 heavy (non-hydrogen) atoms. The zero-order valence-corrected chi connectivity index (χ0v) is 3.43. The summed E-state index contributed by atoms with van der Waals surface area (Å²) in [6.07, 6.45) is 0. The molecule has 0 aliphatic heterocycles. The van der Waals surface area contributed by atoms with E-state index in [-0.39, 0.29) is 23.5 Å². The Morgan fingerprint density at radius 3 is 2.00 bits per heavy atom. The van der Waals surface area contributed by atoms with Crippen LogP contribution in [0, 0.1) is 0 Å². The first-order chi connectivity index (χ1) is 1.91. The van der Waals surface area contributed by atoms with Gasteiger partial charge < -0.3 is 4.84 Å². The van der Waals surface area contributed by atoms with Crippen molar-refractivity contribution in [2.45, 2.75) is 0 Å². The molecular weight excluding hydrogens is 114 g/mol. The first kappa shape index (κ1) is 8.87. The number of rotatable bonds is 1. The van der Waals surface area contributed by atoms with Gasteiger partial charge in [0, 0.05) is 17.1 Å². The fourth-order valence-electron chi connectivity index (χ4n) is 0. The van der Waals surface area contributed by atoms with E-state index in [1.807, 2.05) is 0 Å². The van der Waals surface area contributed by atoms with Gasteiger partial charge in [0.2, 0.25) is 0 Å². The fourth-order valence-corrected chi connectivity index (χ4v) is 0. The molecule has 0 amide bonds. The van der Waals surface area contributed by atoms with Gasteiger partial charge in [-0.25, -0.2) is 0 Å². The summed E-state index contributed by atoms with van der Waals surface area (Å²) >= 11 is 0. The molecule has 0 spiro atoms. The Hall–Kier alpha value is -0.0505. The molecule has 0 radical (unpaired) electrons. The molecular formula is CH3FeNO2. The number of hydrogen-bond donors (Lipinski definition) is 1. The van der Waals surface area contributed by atoms with Crippen LogP contribution in [0.3, 0.4) is 0 Å². The van der Waals surface area contributed by atoms with Gasteiger partial charge in [0.05, 0.1) is 0 Å². The summed E-state index contributed by atoms with van der Waals surface area (Å²) in [5.41, 5.74) is 0. The molecule has 4 heteroatoms. The van der Waals surface area contributed by atoms with E-state index in [0.29, 0.717) is 0 Å². The van der Waals surface area contributed by atoms with Crippen molar-refractivity contribution in [1.29, 1.82) is 0 Å². The van der Waals surface area contributed by atoms with E-state index < -0.39 is 0 Å². The molecule has 0 saturated carbocycles. The van der Waals surface area contributed by atoms with Crippen molar-refractivity contribution in [3.8, 4) is 0 Å². The molecule has 0 aromatic heterocycles. The first-order valence-electron chi connectivity index (χ1n) is 0.707. The van der Waals surface area contributed by atoms with Crippen LogP contribution in [0.15, 0.2) is 0 Å². The zero-order chi connectivity index (χ0) is 3.41. The van der Waals surface area contributed by atoms with Crippen molar-refractivity contribution in [1.82, 2.24) is 0 Å². The Morgan fingerprint density at radius 2 is 2.00 bits per heavy atom. The zero-order valence-electron chi connectivity index (χ0n) is 2.32. The number of carbonyl (C=O) groups excluding carboxylic acids is 1. The molecule has 0 aromatic carbocycles. The van der Waals surface area contributed by atoms with Crippen molar-refractivity contribution >= 4 is 6.47 Å². The van der Waals surface area contributed by atoms with Crippen LogP contribution in [0.5, 0.6) is 0 Å². The Labute approximate surface area is 39.9 Å². The minimum absolute atomic E-state index is 0. The molecule has 0 atom stereocenters. The van der Waals surface area contributed by atoms with Gasteiger partial charge in [-0.3, -0.25) is 4.79 Å². The van der Waals surface area contributed by atoms with E-state index >= 15 is 0 Å². The smallest absolute Gasteiger partial charge is 0.312 e. The minimum atomic E-state index is 0. The topological polar surface area (TPSA) is 52.3 Å². The maximum atomic E-state index is 8.83. The second kappa shape index (κ2) is 9.04. The number of carbonyl (C=O) groups is 1. The summed E-state index contributed by atoms with van der Waals surface area (Å²) in [6, 6.07) is 0. The third-order valence-electron chi connectivity index (χ3n) is 0.0556. The first-order valence-corrected chi connectivity index (χ1v) is 0.707. The van der Waals surface area contributed by atoms with E-state index in [2.05, 4.69) is 10.7 Å². The van der Waals surface area contributed by atoms with Crippen LogP contribution in [0.2, 0.25) is 0 Å². The van der Waals surface area contributed by atoms with Crippen LogP contribution in [0.4, 0.5) is 0 Å². The number of nitrogens with two attached hydrogens (primary N) is 1. The standard InChI is InChI=1S/CH3NO2.Fe/c2-4-1-3;/h1H,2H2;. The van der Waals surface area contributed by atoms with E-state index in [4.69, 9.17) is 4.79 Å². The van der Waals surface area contributed by atoms with Gasteiger partial charge >= 0.3 is 6.47 Å². The summed E-state index contributed by atoms with van der Waals surface area (Å²) in [7, 11) is 0. The molecule has 3 nitrogen and oxygen atoms in total. The Morgan fingerprint density at radius 1 is 1.80 bits per heavy atom. The van der Waals surface area contributed by atoms with Crippen molar-refractivity contribution in [2.24, 2.45) is 5.90 Å². The summed E-state index contributed by atoms with van der Waals surface area (Å²) in [4.78, 5) is 12.2. The summed E-state index contributed by atoms with van der Waals surface area (Å²) < 4.78 is 0. The van der Waals surface area contributed by atoms with E-state index in [0.717, 1.165) is 0 Å². The average Bonchev–Trinajstić information content (AvgIpc) is 1.37. The van der Waals surface area contributed by atoms with E-state index in [9.17, 15) is 0 Å². The van der Waals surface area contributed by atoms with Crippen LogP contribution in [-0.4, -0.2) is 6.47 Å². The van der Waals surface area contributed by atoms with Crippen molar-refractivity contribution in [3.05, 3.63) is 0 Å². The summed E-state index contributed by atoms with van der Waals surface area (Å²) in [5.74, 6) is 4.16. The molecule has 0 aliphatic rings. The maximum absolute atomic E-state index is 8.83. The Kier molecular flexibility index (Phi) is 16.0. The molecule has 0 rings (SSSR count). The SMILES string of the molecule is NOC=O.[Fe]. The Balaban J connectivity index is 0. The molecule has 0 saturated heterocycles. The third kappa shape index (κ3) is 16.6. The van der Waals surface area contributed by atoms with Gasteiger partial charge in [0.1, 0.15) is 0 Å². The van der Waals surface area contributed by atoms with Crippen molar-refractivity contribution < 1.29 is 26.7 Å². The van der Waals surface area contributed by atoms with Crippen molar-refractivity contribution in [3.63, 3.8) is 0 Å². The van der Waals surface area contributed by atoms with Crippen LogP contribution in [0.25, 0.3) is 0 Å². The average molecular weight is 117 g/mol. The molecule has 0 bridgehead atoms. The molecule has 0 aliphatic carbocycles. The predicted octanol–water partition coefficient (Wildman–Crippen LogP) is -0.969. The van der Waals surface area contributed by atoms with Gasteiger partial charge in [-0.2, -0.15) is 5.90 Å². The van der Waals surface area contributed by atoms with Crippen LogP contribution >= 0.6 is 0 Å². The van der Waals surface area contributed by atoms with Crippen LogP contribution < -0.4 is 5.90 Å². The molecule has 0 fully saturated rings. The largest absolute Gasteiger partial charge is 0.376 e. The Bertz CT molecular complexity index is 23.6. The molecule has 0 aromatic rings. The second-order valence-electron chi connectivity index (χ2n) is 0.232. The van der Waals surface area contributed by atoms with Gasteiger partial charge in [-0.15, -0.1) is 0 Å². The van der Waals surface area contributed by atoms with E-state index in [1.165, 1.54) is 0 Å². The maximum Gasteiger partial charge on any atom is 0.312 e. The molecule has 32 valence electrons. The molecule has 0 heterocycles. The van der Waals surface area contributed by atoms with E-state index in [1.54, 1.807) is 0 Å². The van der Waals surface area contributed by atoms with Gasteiger partial charge in [0.25, 0.3) is 0 Å². The summed E-state index contributed by atoms with van der Waals surface area (Å²) in [5, 5.41) is 0. The fraction of sp³-hybridized carbons (Fsp3) is 0. The van der Waals surface area contributed by atoms with Crippen molar-refractivity contribution in [2.75, 3.05) is 0 Å². The second-order valence-corrected chi connectivity index (χ2v) is 0.232. The molecule has 2 N–H and O–H groups in total.